The average molecular weight is 275 g/mol. The number of pyridine rings is 1. The minimum atomic E-state index is -0.922. The molecule has 0 unspecified atom stereocenters. The van der Waals surface area contributed by atoms with Crippen molar-refractivity contribution in [3.63, 3.8) is 0 Å². The molecule has 2 heterocycles. The van der Waals surface area contributed by atoms with Gasteiger partial charge in [0.2, 0.25) is 6.79 Å². The van der Waals surface area contributed by atoms with Crippen LogP contribution in [0.2, 0.25) is 0 Å². The lowest BCUT2D eigenvalue weighted by atomic mass is 10.0. The molecule has 0 spiro atoms. The molecule has 1 aromatic heterocycles. The number of nitrogens with one attached hydrogen (secondary N) is 1. The van der Waals surface area contributed by atoms with Gasteiger partial charge in [-0.05, 0) is 25.0 Å². The second-order valence-corrected chi connectivity index (χ2v) is 4.70. The second kappa shape index (κ2) is 4.56. The van der Waals surface area contributed by atoms with Crippen LogP contribution in [0.15, 0.2) is 16.9 Å². The normalized spacial score (nSPS) is 12.8. The van der Waals surface area contributed by atoms with E-state index in [0.717, 1.165) is 10.9 Å². The highest BCUT2D eigenvalue weighted by atomic mass is 16.7. The van der Waals surface area contributed by atoms with Gasteiger partial charge in [0.05, 0.1) is 5.52 Å². The Balaban J connectivity index is 2.16. The smallest absolute Gasteiger partial charge is 0.303 e. The molecule has 6 nitrogen and oxygen atoms in total. The summed E-state index contributed by atoms with van der Waals surface area (Å²) in [6.07, 6.45) is 0.140. The molecule has 3 rings (SSSR count). The summed E-state index contributed by atoms with van der Waals surface area (Å²) in [5, 5.41) is 9.59. The van der Waals surface area contributed by atoms with Crippen LogP contribution in [-0.2, 0) is 11.2 Å². The number of hydrogen-bond acceptors (Lipinski definition) is 4. The number of carboxylic acids is 1. The van der Waals surface area contributed by atoms with Crippen LogP contribution in [0.4, 0.5) is 0 Å². The zero-order valence-corrected chi connectivity index (χ0v) is 10.9. The fourth-order valence-electron chi connectivity index (χ4n) is 2.42. The number of carbonyl (C=O) groups is 1. The summed E-state index contributed by atoms with van der Waals surface area (Å²) in [5.74, 6) is 0.317. The molecule has 2 aromatic rings. The maximum Gasteiger partial charge on any atom is 0.303 e. The first-order chi connectivity index (χ1) is 9.56. The summed E-state index contributed by atoms with van der Waals surface area (Å²) in [6, 6.07) is 3.54. The summed E-state index contributed by atoms with van der Waals surface area (Å²) in [7, 11) is 0. The van der Waals surface area contributed by atoms with Crippen molar-refractivity contribution >= 4 is 16.9 Å². The number of aryl methyl sites for hydroxylation is 1. The van der Waals surface area contributed by atoms with Crippen molar-refractivity contribution in [3.8, 4) is 11.5 Å². The third kappa shape index (κ3) is 1.99. The van der Waals surface area contributed by atoms with E-state index in [1.807, 2.05) is 13.0 Å². The molecule has 6 heteroatoms. The van der Waals surface area contributed by atoms with Crippen LogP contribution in [0.3, 0.4) is 0 Å². The number of aromatic amines is 1. The van der Waals surface area contributed by atoms with Gasteiger partial charge in [0.15, 0.2) is 11.5 Å². The number of aromatic nitrogens is 1. The SMILES string of the molecule is Cc1c(CCC(=O)O)c(=O)[nH]c2cc3c(cc12)OCO3. The van der Waals surface area contributed by atoms with Crippen LogP contribution in [0.25, 0.3) is 10.9 Å². The molecule has 0 radical (unpaired) electrons. The van der Waals surface area contributed by atoms with E-state index in [-0.39, 0.29) is 25.2 Å². The van der Waals surface area contributed by atoms with Gasteiger partial charge in [-0.3, -0.25) is 9.59 Å². The number of hydrogen-bond donors (Lipinski definition) is 2. The largest absolute Gasteiger partial charge is 0.481 e. The molecule has 1 aromatic carbocycles. The molecule has 0 atom stereocenters. The van der Waals surface area contributed by atoms with Gasteiger partial charge >= 0.3 is 5.97 Å². The van der Waals surface area contributed by atoms with Crippen molar-refractivity contribution in [2.45, 2.75) is 19.8 Å². The molecular formula is C14H13NO5. The van der Waals surface area contributed by atoms with E-state index in [1.54, 1.807) is 6.07 Å². The Kier molecular flexibility index (Phi) is 2.85. The summed E-state index contributed by atoms with van der Waals surface area (Å²) in [6.45, 7) is 1.98. The highest BCUT2D eigenvalue weighted by Crippen LogP contribution is 2.36. The predicted molar refractivity (Wildman–Crippen MR) is 71.4 cm³/mol. The van der Waals surface area contributed by atoms with Crippen molar-refractivity contribution in [1.29, 1.82) is 0 Å². The summed E-state index contributed by atoms with van der Waals surface area (Å²) < 4.78 is 10.6. The lowest BCUT2D eigenvalue weighted by Crippen LogP contribution is -2.16. The Morgan fingerprint density at radius 3 is 2.75 bits per heavy atom. The number of H-pyrrole nitrogens is 1. The Hall–Kier alpha value is -2.50. The molecule has 0 bridgehead atoms. The summed E-state index contributed by atoms with van der Waals surface area (Å²) in [4.78, 5) is 25.5. The Bertz CT molecular complexity index is 762. The third-order valence-corrected chi connectivity index (χ3v) is 3.48. The highest BCUT2D eigenvalue weighted by molar-refractivity contribution is 5.86. The number of rotatable bonds is 3. The zero-order chi connectivity index (χ0) is 14.3. The number of carboxylic acid groups (broad SMARTS) is 1. The molecule has 1 aliphatic heterocycles. The first-order valence-electron chi connectivity index (χ1n) is 6.23. The number of benzene rings is 1. The van der Waals surface area contributed by atoms with E-state index in [9.17, 15) is 9.59 Å². The van der Waals surface area contributed by atoms with Crippen LogP contribution in [0, 0.1) is 6.92 Å². The molecule has 0 saturated heterocycles. The first kappa shape index (κ1) is 12.5. The summed E-state index contributed by atoms with van der Waals surface area (Å²) >= 11 is 0. The maximum atomic E-state index is 12.0. The molecule has 20 heavy (non-hydrogen) atoms. The van der Waals surface area contributed by atoms with Crippen molar-refractivity contribution in [3.05, 3.63) is 33.6 Å². The Morgan fingerprint density at radius 2 is 2.05 bits per heavy atom. The first-order valence-corrected chi connectivity index (χ1v) is 6.23. The molecule has 1 aliphatic rings. The van der Waals surface area contributed by atoms with Crippen molar-refractivity contribution in [1.82, 2.24) is 4.98 Å². The van der Waals surface area contributed by atoms with Crippen LogP contribution in [0.5, 0.6) is 11.5 Å². The van der Waals surface area contributed by atoms with Gasteiger partial charge in [0.25, 0.3) is 5.56 Å². The standard InChI is InChI=1S/C14H13NO5/c1-7-8(2-3-13(16)17)14(18)15-10-5-12-11(4-9(7)10)19-6-20-12/h4-5H,2-3,6H2,1H3,(H,15,18)(H,16,17). The monoisotopic (exact) mass is 275 g/mol. The van der Waals surface area contributed by atoms with Crippen LogP contribution in [0.1, 0.15) is 17.5 Å². The van der Waals surface area contributed by atoms with Gasteiger partial charge in [0.1, 0.15) is 0 Å². The Labute approximate surface area is 113 Å². The van der Waals surface area contributed by atoms with Crippen molar-refractivity contribution in [2.24, 2.45) is 0 Å². The lowest BCUT2D eigenvalue weighted by molar-refractivity contribution is -0.136. The molecule has 2 N–H and O–H groups in total. The maximum absolute atomic E-state index is 12.0. The van der Waals surface area contributed by atoms with Gasteiger partial charge < -0.3 is 19.6 Å². The molecule has 0 amide bonds. The number of aliphatic carboxylic acids is 1. The quantitative estimate of drug-likeness (QED) is 0.887. The van der Waals surface area contributed by atoms with Gasteiger partial charge in [-0.15, -0.1) is 0 Å². The van der Waals surface area contributed by atoms with E-state index < -0.39 is 5.97 Å². The number of fused-ring (bicyclic) bond motifs is 2. The lowest BCUT2D eigenvalue weighted by Gasteiger charge is -2.09. The average Bonchev–Trinajstić information content (AvgIpc) is 2.83. The molecule has 0 aliphatic carbocycles. The predicted octanol–water partition coefficient (Wildman–Crippen LogP) is 1.58. The van der Waals surface area contributed by atoms with Gasteiger partial charge in [0, 0.05) is 23.4 Å². The topological polar surface area (TPSA) is 88.6 Å². The van der Waals surface area contributed by atoms with Gasteiger partial charge in [-0.1, -0.05) is 0 Å². The zero-order valence-electron chi connectivity index (χ0n) is 10.9. The molecular weight excluding hydrogens is 262 g/mol. The van der Waals surface area contributed by atoms with Crippen LogP contribution < -0.4 is 15.0 Å². The fraction of sp³-hybridized carbons (Fsp3) is 0.286. The van der Waals surface area contributed by atoms with Gasteiger partial charge in [-0.25, -0.2) is 0 Å². The van der Waals surface area contributed by atoms with Gasteiger partial charge in [-0.2, -0.15) is 0 Å². The molecule has 0 fully saturated rings. The van der Waals surface area contributed by atoms with E-state index >= 15 is 0 Å². The van der Waals surface area contributed by atoms with Crippen molar-refractivity contribution < 1.29 is 19.4 Å². The molecule has 0 saturated carbocycles. The van der Waals surface area contributed by atoms with E-state index in [1.165, 1.54) is 0 Å². The van der Waals surface area contributed by atoms with Crippen LogP contribution in [-0.4, -0.2) is 22.9 Å². The van der Waals surface area contributed by atoms with E-state index in [2.05, 4.69) is 4.98 Å². The van der Waals surface area contributed by atoms with Crippen LogP contribution >= 0.6 is 0 Å². The fourth-order valence-corrected chi connectivity index (χ4v) is 2.42. The third-order valence-electron chi connectivity index (χ3n) is 3.48. The molecule has 104 valence electrons. The minimum absolute atomic E-state index is 0.0695. The second-order valence-electron chi connectivity index (χ2n) is 4.70. The summed E-state index contributed by atoms with van der Waals surface area (Å²) in [5.41, 5.74) is 1.69. The van der Waals surface area contributed by atoms with Crippen molar-refractivity contribution in [2.75, 3.05) is 6.79 Å². The van der Waals surface area contributed by atoms with E-state index in [0.29, 0.717) is 22.6 Å². The Morgan fingerprint density at radius 1 is 1.35 bits per heavy atom. The van der Waals surface area contributed by atoms with E-state index in [4.69, 9.17) is 14.6 Å². The minimum Gasteiger partial charge on any atom is -0.481 e. The number of ether oxygens (including phenoxy) is 2. The highest BCUT2D eigenvalue weighted by Gasteiger charge is 2.17.